The van der Waals surface area contributed by atoms with Crippen molar-refractivity contribution in [2.75, 3.05) is 4.72 Å². The number of para-hydroxylation sites is 1. The van der Waals surface area contributed by atoms with E-state index in [-0.39, 0.29) is 5.13 Å². The molecular formula is C15H10F3N3O3S2. The lowest BCUT2D eigenvalue weighted by Gasteiger charge is -2.13. The molecule has 3 rings (SSSR count). The molecule has 0 saturated carbocycles. The van der Waals surface area contributed by atoms with Crippen LogP contribution in [0.15, 0.2) is 59.1 Å². The quantitative estimate of drug-likeness (QED) is 0.701. The summed E-state index contributed by atoms with van der Waals surface area (Å²) >= 11 is 0.993. The van der Waals surface area contributed by atoms with E-state index in [9.17, 15) is 21.6 Å². The molecule has 0 aliphatic heterocycles. The molecule has 0 amide bonds. The average Bonchev–Trinajstić information content (AvgIpc) is 3.02. The van der Waals surface area contributed by atoms with E-state index in [0.717, 1.165) is 23.5 Å². The number of halogens is 3. The van der Waals surface area contributed by atoms with Crippen molar-refractivity contribution in [1.29, 1.82) is 0 Å². The fraction of sp³-hybridized carbons (Fsp3) is 0.0667. The third kappa shape index (κ3) is 4.29. The Bertz CT molecular complexity index is 1010. The van der Waals surface area contributed by atoms with Gasteiger partial charge in [-0.3, -0.25) is 9.71 Å². The van der Waals surface area contributed by atoms with Gasteiger partial charge in [0.25, 0.3) is 10.0 Å². The van der Waals surface area contributed by atoms with Crippen molar-refractivity contribution >= 4 is 26.5 Å². The van der Waals surface area contributed by atoms with Crippen LogP contribution in [-0.2, 0) is 10.0 Å². The van der Waals surface area contributed by atoms with Gasteiger partial charge >= 0.3 is 6.36 Å². The number of hydrogen-bond acceptors (Lipinski definition) is 6. The minimum absolute atomic E-state index is 0.00525. The SMILES string of the molecule is O=S(=O)(Nc1nc(-c2cccnc2)cs1)c1ccccc1OC(F)(F)F. The highest BCUT2D eigenvalue weighted by Crippen LogP contribution is 2.32. The predicted molar refractivity (Wildman–Crippen MR) is 89.3 cm³/mol. The van der Waals surface area contributed by atoms with Crippen LogP contribution in [0.1, 0.15) is 0 Å². The van der Waals surface area contributed by atoms with Crippen LogP contribution in [0.3, 0.4) is 0 Å². The number of anilines is 1. The zero-order valence-electron chi connectivity index (χ0n) is 12.8. The number of nitrogens with one attached hydrogen (secondary N) is 1. The number of hydrogen-bond donors (Lipinski definition) is 1. The summed E-state index contributed by atoms with van der Waals surface area (Å²) in [6.07, 6.45) is -1.88. The van der Waals surface area contributed by atoms with Gasteiger partial charge in [-0.15, -0.1) is 24.5 Å². The Morgan fingerprint density at radius 1 is 1.12 bits per heavy atom. The standard InChI is InChI=1S/C15H10F3N3O3S2/c16-15(17,18)24-12-5-1-2-6-13(12)26(22,23)21-14-20-11(9-25-14)10-4-3-7-19-8-10/h1-9H,(H,20,21). The first-order chi connectivity index (χ1) is 12.2. The summed E-state index contributed by atoms with van der Waals surface area (Å²) in [6.45, 7) is 0. The molecule has 0 aliphatic rings. The number of alkyl halides is 3. The maximum Gasteiger partial charge on any atom is 0.573 e. The van der Waals surface area contributed by atoms with E-state index >= 15 is 0 Å². The zero-order chi connectivity index (χ0) is 18.8. The zero-order valence-corrected chi connectivity index (χ0v) is 14.4. The van der Waals surface area contributed by atoms with Gasteiger partial charge in [-0.1, -0.05) is 12.1 Å². The number of rotatable bonds is 5. The molecule has 0 aliphatic carbocycles. The van der Waals surface area contributed by atoms with Gasteiger partial charge in [0.05, 0.1) is 5.69 Å². The lowest BCUT2D eigenvalue weighted by molar-refractivity contribution is -0.275. The topological polar surface area (TPSA) is 81.2 Å². The number of aromatic nitrogens is 2. The van der Waals surface area contributed by atoms with Gasteiger partial charge in [0.15, 0.2) is 5.13 Å². The molecular weight excluding hydrogens is 391 g/mol. The van der Waals surface area contributed by atoms with Gasteiger partial charge in [0.2, 0.25) is 0 Å². The van der Waals surface area contributed by atoms with Crippen molar-refractivity contribution in [2.45, 2.75) is 11.3 Å². The highest BCUT2D eigenvalue weighted by atomic mass is 32.2. The Morgan fingerprint density at radius 2 is 1.88 bits per heavy atom. The minimum atomic E-state index is -5.01. The monoisotopic (exact) mass is 401 g/mol. The maximum absolute atomic E-state index is 12.5. The van der Waals surface area contributed by atoms with E-state index in [1.54, 1.807) is 29.9 Å². The van der Waals surface area contributed by atoms with Crippen LogP contribution in [0.5, 0.6) is 5.75 Å². The van der Waals surface area contributed by atoms with Gasteiger partial charge in [-0.05, 0) is 24.3 Å². The van der Waals surface area contributed by atoms with Crippen LogP contribution in [0.4, 0.5) is 18.3 Å². The summed E-state index contributed by atoms with van der Waals surface area (Å²) in [4.78, 5) is 7.42. The van der Waals surface area contributed by atoms with Gasteiger partial charge < -0.3 is 4.74 Å². The molecule has 0 saturated heterocycles. The molecule has 1 N–H and O–H groups in total. The molecule has 0 fully saturated rings. The molecule has 0 radical (unpaired) electrons. The molecule has 0 unspecified atom stereocenters. The molecule has 3 aromatic rings. The first-order valence-corrected chi connectivity index (χ1v) is 9.34. The van der Waals surface area contributed by atoms with Crippen molar-refractivity contribution in [2.24, 2.45) is 0 Å². The van der Waals surface area contributed by atoms with Crippen LogP contribution in [-0.4, -0.2) is 24.7 Å². The number of benzene rings is 1. The number of thiazole rings is 1. The summed E-state index contributed by atoms with van der Waals surface area (Å²) in [6, 6.07) is 7.91. The lowest BCUT2D eigenvalue weighted by Crippen LogP contribution is -2.20. The maximum atomic E-state index is 12.5. The normalized spacial score (nSPS) is 12.0. The molecule has 0 atom stereocenters. The van der Waals surface area contributed by atoms with E-state index in [4.69, 9.17) is 0 Å². The fourth-order valence-corrected chi connectivity index (χ4v) is 4.12. The number of ether oxygens (including phenoxy) is 1. The molecule has 136 valence electrons. The smallest absolute Gasteiger partial charge is 0.404 e. The van der Waals surface area contributed by atoms with Gasteiger partial charge in [-0.2, -0.15) is 0 Å². The Kier molecular flexibility index (Phi) is 4.83. The molecule has 2 aromatic heterocycles. The van der Waals surface area contributed by atoms with Gasteiger partial charge in [0, 0.05) is 23.3 Å². The summed E-state index contributed by atoms with van der Waals surface area (Å²) in [7, 11) is -4.33. The van der Waals surface area contributed by atoms with Crippen LogP contribution in [0.25, 0.3) is 11.3 Å². The number of pyridine rings is 1. The fourth-order valence-electron chi connectivity index (χ4n) is 2.02. The first kappa shape index (κ1) is 18.1. The third-order valence-corrected chi connectivity index (χ3v) is 5.31. The number of nitrogens with zero attached hydrogens (tertiary/aromatic N) is 2. The summed E-state index contributed by atoms with van der Waals surface area (Å²) in [5.74, 6) is -0.823. The molecule has 1 aromatic carbocycles. The first-order valence-electron chi connectivity index (χ1n) is 6.98. The summed E-state index contributed by atoms with van der Waals surface area (Å²) < 4.78 is 68.3. The Morgan fingerprint density at radius 3 is 2.58 bits per heavy atom. The Hall–Kier alpha value is -2.66. The van der Waals surface area contributed by atoms with Crippen LogP contribution in [0, 0.1) is 0 Å². The molecule has 26 heavy (non-hydrogen) atoms. The molecule has 0 spiro atoms. The lowest BCUT2D eigenvalue weighted by atomic mass is 10.2. The van der Waals surface area contributed by atoms with Crippen molar-refractivity contribution in [3.63, 3.8) is 0 Å². The molecule has 6 nitrogen and oxygen atoms in total. The second-order valence-electron chi connectivity index (χ2n) is 4.88. The second kappa shape index (κ2) is 6.92. The van der Waals surface area contributed by atoms with Crippen molar-refractivity contribution < 1.29 is 26.3 Å². The van der Waals surface area contributed by atoms with Gasteiger partial charge in [-0.25, -0.2) is 13.4 Å². The largest absolute Gasteiger partial charge is 0.573 e. The van der Waals surface area contributed by atoms with E-state index in [0.29, 0.717) is 11.3 Å². The van der Waals surface area contributed by atoms with E-state index in [2.05, 4.69) is 19.4 Å². The highest BCUT2D eigenvalue weighted by molar-refractivity contribution is 7.93. The average molecular weight is 401 g/mol. The third-order valence-electron chi connectivity index (χ3n) is 3.05. The molecule has 0 bridgehead atoms. The predicted octanol–water partition coefficient (Wildman–Crippen LogP) is 3.90. The molecule has 11 heteroatoms. The van der Waals surface area contributed by atoms with E-state index in [1.807, 2.05) is 0 Å². The van der Waals surface area contributed by atoms with Crippen molar-refractivity contribution in [3.8, 4) is 17.0 Å². The Balaban J connectivity index is 1.88. The van der Waals surface area contributed by atoms with Crippen molar-refractivity contribution in [3.05, 3.63) is 54.2 Å². The highest BCUT2D eigenvalue weighted by Gasteiger charge is 2.34. The number of sulfonamides is 1. The Labute approximate surface area is 150 Å². The summed E-state index contributed by atoms with van der Waals surface area (Å²) in [5.41, 5.74) is 1.16. The van der Waals surface area contributed by atoms with E-state index < -0.39 is 27.0 Å². The second-order valence-corrected chi connectivity index (χ2v) is 7.39. The van der Waals surface area contributed by atoms with E-state index in [1.165, 1.54) is 12.1 Å². The van der Waals surface area contributed by atoms with Crippen LogP contribution in [0.2, 0.25) is 0 Å². The van der Waals surface area contributed by atoms with Crippen LogP contribution < -0.4 is 9.46 Å². The minimum Gasteiger partial charge on any atom is -0.404 e. The van der Waals surface area contributed by atoms with Crippen LogP contribution >= 0.6 is 11.3 Å². The molecule has 2 heterocycles. The van der Waals surface area contributed by atoms with Gasteiger partial charge in [0.1, 0.15) is 10.6 Å². The summed E-state index contributed by atoms with van der Waals surface area (Å²) in [5, 5.41) is 1.61. The van der Waals surface area contributed by atoms with Crippen molar-refractivity contribution in [1.82, 2.24) is 9.97 Å².